The summed E-state index contributed by atoms with van der Waals surface area (Å²) in [5.74, 6) is -17.8. The zero-order valence-corrected chi connectivity index (χ0v) is 82.1. The van der Waals surface area contributed by atoms with Gasteiger partial charge in [-0.1, -0.05) is 88.3 Å². The van der Waals surface area contributed by atoms with Gasteiger partial charge in [0, 0.05) is 83.1 Å². The highest BCUT2D eigenvalue weighted by Crippen LogP contribution is 2.27. The Morgan fingerprint density at radius 3 is 1.26 bits per heavy atom. The maximum absolute atomic E-state index is 16.0. The number of phenolic OH excluding ortho intramolecular Hbond substituents is 2. The van der Waals surface area contributed by atoms with Gasteiger partial charge in [0.25, 0.3) is 0 Å². The van der Waals surface area contributed by atoms with Gasteiger partial charge < -0.3 is 173 Å². The van der Waals surface area contributed by atoms with Crippen LogP contribution in [0.15, 0.2) is 91.0 Å². The van der Waals surface area contributed by atoms with E-state index in [1.807, 2.05) is 6.07 Å². The number of carbonyl (C=O) groups is 17. The number of guanidine groups is 4. The molecule has 0 saturated carbocycles. The summed E-state index contributed by atoms with van der Waals surface area (Å²) in [6.45, 7) is -0.588. The molecular weight excluding hydrogens is 1930 g/mol. The molecule has 20 amide bonds. The smallest absolute Gasteiger partial charge is 0.312 e. The number of rotatable bonds is 47. The Balaban J connectivity index is 1.62. The Morgan fingerprint density at radius 2 is 0.793 bits per heavy atom. The molecule has 4 aromatic rings. The minimum atomic E-state index is -1.92. The third kappa shape index (κ3) is 44.5. The summed E-state index contributed by atoms with van der Waals surface area (Å²) in [6.07, 6.45) is -2.65. The number of benzene rings is 4. The van der Waals surface area contributed by atoms with Crippen molar-refractivity contribution in [2.75, 3.05) is 70.4 Å². The first-order chi connectivity index (χ1) is 69.1. The number of phenols is 2. The van der Waals surface area contributed by atoms with Crippen molar-refractivity contribution in [2.24, 2.45) is 57.3 Å². The Bertz CT molecular complexity index is 5090. The Labute approximate surface area is 844 Å². The maximum atomic E-state index is 16.0. The third-order valence-electron chi connectivity index (χ3n) is 23.2. The van der Waals surface area contributed by atoms with E-state index in [2.05, 4.69) is 101 Å². The van der Waals surface area contributed by atoms with Crippen molar-refractivity contribution in [3.8, 4) is 11.5 Å². The summed E-state index contributed by atoms with van der Waals surface area (Å²) in [4.78, 5) is 250. The summed E-state index contributed by atoms with van der Waals surface area (Å²) in [5.41, 5.74) is 57.9. The number of nitrogens with one attached hydrogen (secondary N) is 23. The molecule has 2 aliphatic rings. The van der Waals surface area contributed by atoms with Gasteiger partial charge in [-0.05, 0) is 180 Å². The van der Waals surface area contributed by atoms with Crippen LogP contribution < -0.4 is 158 Å². The van der Waals surface area contributed by atoms with Crippen LogP contribution in [0.2, 0.25) is 0 Å². The number of fused-ring (bicyclic) bond motifs is 2. The van der Waals surface area contributed by atoms with Gasteiger partial charge in [-0.2, -0.15) is 0 Å². The highest BCUT2D eigenvalue weighted by atomic mass is 33.1. The van der Waals surface area contributed by atoms with Crippen LogP contribution in [0.4, 0.5) is 14.4 Å². The van der Waals surface area contributed by atoms with Crippen molar-refractivity contribution in [1.82, 2.24) is 106 Å². The van der Waals surface area contributed by atoms with E-state index in [1.165, 1.54) is 48.5 Å². The second-order valence-electron chi connectivity index (χ2n) is 34.6. The predicted octanol–water partition coefficient (Wildman–Crippen LogP) is -7.18. The lowest BCUT2D eigenvalue weighted by Crippen LogP contribution is -2.61. The second-order valence-corrected chi connectivity index (χ2v) is 37.2. The largest absolute Gasteiger partial charge is 0.508 e. The number of nitrogens with zero attached hydrogens (tertiary/aromatic N) is 1. The number of primary amides is 4. The van der Waals surface area contributed by atoms with Crippen molar-refractivity contribution in [1.29, 1.82) is 21.6 Å². The summed E-state index contributed by atoms with van der Waals surface area (Å²) >= 11 is 0. The molecule has 4 aromatic carbocycles. The maximum Gasteiger partial charge on any atom is 0.312 e. The van der Waals surface area contributed by atoms with Crippen LogP contribution in [0.1, 0.15) is 139 Å². The zero-order valence-electron chi connectivity index (χ0n) is 80.4. The van der Waals surface area contributed by atoms with Crippen LogP contribution in [-0.2, 0) is 86.4 Å². The fourth-order valence-corrected chi connectivity index (χ4v) is 17.9. The van der Waals surface area contributed by atoms with E-state index in [9.17, 15) is 34.2 Å². The topological polar surface area (TPSA) is 918 Å². The number of aromatic hydroxyl groups is 2. The molecule has 2 aliphatic heterocycles. The number of hydrogen-bond donors (Lipinski definition) is 35. The van der Waals surface area contributed by atoms with Gasteiger partial charge in [0.15, 0.2) is 23.8 Å². The lowest BCUT2D eigenvalue weighted by Gasteiger charge is -2.31. The highest BCUT2D eigenvalue weighted by molar-refractivity contribution is 8.76. The monoisotopic (exact) mass is 2070 g/mol. The molecule has 2 heterocycles. The predicted molar refractivity (Wildman–Crippen MR) is 541 cm³/mol. The quantitative estimate of drug-likeness (QED) is 0.00846. The van der Waals surface area contributed by atoms with Crippen molar-refractivity contribution < 1.29 is 91.7 Å². The van der Waals surface area contributed by atoms with E-state index in [4.69, 9.17) is 79.0 Å². The van der Waals surface area contributed by atoms with E-state index in [0.29, 0.717) is 16.5 Å². The van der Waals surface area contributed by atoms with Gasteiger partial charge in [-0.25, -0.2) is 14.4 Å². The lowest BCUT2D eigenvalue weighted by molar-refractivity contribution is -0.142. The molecule has 45 N–H and O–H groups in total. The summed E-state index contributed by atoms with van der Waals surface area (Å²) in [5, 5.41) is 103. The molecule has 145 heavy (non-hydrogen) atoms. The first-order valence-electron chi connectivity index (χ1n) is 47.5. The van der Waals surface area contributed by atoms with Gasteiger partial charge in [0.2, 0.25) is 82.7 Å². The number of amides is 20. The Kier molecular flexibility index (Phi) is 51.5. The normalized spacial score (nSPS) is 20.0. The molecule has 0 unspecified atom stereocenters. The molecule has 0 aliphatic carbocycles. The van der Waals surface area contributed by atoms with Crippen LogP contribution in [0, 0.1) is 21.6 Å². The van der Waals surface area contributed by atoms with Crippen LogP contribution in [0.25, 0.3) is 10.8 Å². The summed E-state index contributed by atoms with van der Waals surface area (Å²) in [7, 11) is 1.48. The molecule has 14 atom stereocenters. The minimum Gasteiger partial charge on any atom is -0.508 e. The average Bonchev–Trinajstić information content (AvgIpc) is 1.75. The number of hydrogen-bond acceptors (Lipinski definition) is 27. The molecular formula is C90H140N34O19S2. The van der Waals surface area contributed by atoms with Gasteiger partial charge >= 0.3 is 18.1 Å². The first kappa shape index (κ1) is 119. The van der Waals surface area contributed by atoms with E-state index < -0.39 is 228 Å². The van der Waals surface area contributed by atoms with Crippen LogP contribution >= 0.6 is 21.6 Å². The van der Waals surface area contributed by atoms with E-state index >= 15 is 57.5 Å². The number of unbranched alkanes of at least 4 members (excludes halogenated alkanes) is 1. The van der Waals surface area contributed by atoms with Crippen molar-refractivity contribution in [3.05, 3.63) is 108 Å². The van der Waals surface area contributed by atoms with Crippen molar-refractivity contribution in [2.45, 2.75) is 226 Å². The third-order valence-corrected chi connectivity index (χ3v) is 25.6. The molecule has 6 rings (SSSR count). The highest BCUT2D eigenvalue weighted by Gasteiger charge is 2.43. The summed E-state index contributed by atoms with van der Waals surface area (Å²) in [6, 6.07) is -2.89. The fraction of sp³-hybridized carbons (Fsp3) is 0.522. The fourth-order valence-electron chi connectivity index (χ4n) is 15.5. The molecule has 796 valence electrons. The van der Waals surface area contributed by atoms with Crippen molar-refractivity contribution in [3.63, 3.8) is 0 Å². The summed E-state index contributed by atoms with van der Waals surface area (Å²) < 4.78 is 0. The molecule has 0 aromatic heterocycles. The lowest BCUT2D eigenvalue weighted by atomic mass is 10.00. The SMILES string of the molecule is N=C(N)NCCC[C@H](NC(=O)[C@@H]1CSSC[C@H](NC(=O)[C@H](Cc2ccc3ccccc3c2)NC(=O)[C@H](CCCNC(=N)N)NC(=O)[C@@H](N)CCCNC(=N)N)C(=O)N[C@@H](Cc2ccc(O)cc2)C(=O)N[C@@H](CCCNC(N)=O)C(=O)N[C@@H](CCCCN)C(=O)N[C@@H](CCCNC(N)=O)C(=O)N2CCC[C@H]2C(=O)N[C@@H](Cc2ccc(O)cc2)C(=O)N[C@@H](CCCNC(=N)N)C(=O)N[C@H](CCCNC(N)=O)C(=O)N1)C(N)=O. The molecule has 0 radical (unpaired) electrons. The average molecular weight is 2070 g/mol. The van der Waals surface area contributed by atoms with E-state index in [-0.39, 0.29) is 210 Å². The van der Waals surface area contributed by atoms with E-state index in [0.717, 1.165) is 31.9 Å². The molecule has 53 nitrogen and oxygen atoms in total. The van der Waals surface area contributed by atoms with Gasteiger partial charge in [-0.15, -0.1) is 0 Å². The second kappa shape index (κ2) is 63.0. The molecule has 2 fully saturated rings. The number of urea groups is 3. The minimum absolute atomic E-state index is 0.00412. The Morgan fingerprint density at radius 1 is 0.400 bits per heavy atom. The van der Waals surface area contributed by atoms with E-state index in [1.54, 1.807) is 36.4 Å². The molecule has 0 spiro atoms. The van der Waals surface area contributed by atoms with Gasteiger partial charge in [0.1, 0.15) is 90.0 Å². The van der Waals surface area contributed by atoms with Crippen LogP contribution in [0.5, 0.6) is 11.5 Å². The van der Waals surface area contributed by atoms with Crippen LogP contribution in [0.3, 0.4) is 0 Å². The first-order valence-corrected chi connectivity index (χ1v) is 50.0. The van der Waals surface area contributed by atoms with Crippen molar-refractivity contribution >= 4 is 157 Å². The molecule has 55 heteroatoms. The molecule has 2 saturated heterocycles. The zero-order chi connectivity index (χ0) is 107. The number of nitrogens with two attached hydrogens (primary N) is 10. The Hall–Kier alpha value is -15.2. The van der Waals surface area contributed by atoms with Gasteiger partial charge in [-0.3, -0.25) is 88.8 Å². The molecule has 0 bridgehead atoms. The van der Waals surface area contributed by atoms with Crippen LogP contribution in [-0.4, -0.2) is 295 Å². The number of carbonyl (C=O) groups excluding carboxylic acids is 17. The standard InChI is InChI=1S/C90H140N34O19S2/c91-34-4-3-16-58-74(131)118-63(22-11-41-111-90(104)143)83(140)124-42-12-23-69(124)82(139)121-65(45-50-27-32-55(126)33-28-50)78(135)117-60(19-8-38-108-87(100)101)73(130)115-62(21-10-40-110-89(103)142)76(133)122-67(80(137)112-57(70(93)127)17-6-36-106-85(96)97)47-144-145-48-68(81(138)120-64(44-49-25-30-54(125)31-26-49)77(134)116-61(72(129)114-58)20-9-39-109-88(102)141)123-79(136)66(46-51-24-29-52-13-1-2-14-53(52)43-51)119-75(132)59(18-7-37-107-86(98)99)113-71(128)56(92)15-5-35-105-84(94)95/h1-2,13-14,24-33,43,56-69,125-126H,3-12,15-23,34-42,44-48,91-92H2,(H2,93,127)(H,112,137)(H,113,128)(H,114,129)(H,115,130)(H,116,134)(H,117,135)(H,118,131)(H,119,132)(H,120,138)(H,121,139)(H,122,133)(H,123,136)(H4,94,95,105)(H4,96,97,106)(H4,98,99,107)(H4,100,101,108)(H3,102,109,141)(H3,103,110,142)(H3,104,111,143)/t56-,57-,58-,59-,60-,61-,62+,63-,64-,65-,66-,67-,68-,69-/m0/s1. The van der Waals surface area contributed by atoms with Gasteiger partial charge in [0.05, 0.1) is 6.04 Å².